The van der Waals surface area contributed by atoms with Crippen LogP contribution in [0.3, 0.4) is 0 Å². The lowest BCUT2D eigenvalue weighted by molar-refractivity contribution is 0.132. The van der Waals surface area contributed by atoms with Gasteiger partial charge in [0.25, 0.3) is 0 Å². The lowest BCUT2D eigenvalue weighted by atomic mass is 9.99. The molecule has 6 heteroatoms. The zero-order valence-electron chi connectivity index (χ0n) is 10.6. The molecule has 0 bridgehead atoms. The average Bonchev–Trinajstić information content (AvgIpc) is 2.23. The third-order valence-electron chi connectivity index (χ3n) is 2.56. The molecule has 0 aliphatic rings. The zero-order chi connectivity index (χ0) is 13.1. The number of rotatable bonds is 5. The van der Waals surface area contributed by atoms with Crippen LogP contribution >= 0.6 is 0 Å². The number of hydrogen-bond acceptors (Lipinski definition) is 5. The number of aliphatic hydroxyl groups is 1. The van der Waals surface area contributed by atoms with Crippen molar-refractivity contribution in [3.05, 3.63) is 12.0 Å². The van der Waals surface area contributed by atoms with E-state index in [-0.39, 0.29) is 5.82 Å². The minimum absolute atomic E-state index is 0.0850. The van der Waals surface area contributed by atoms with E-state index >= 15 is 0 Å². The van der Waals surface area contributed by atoms with E-state index in [1.54, 1.807) is 20.8 Å². The number of nitrogens with zero attached hydrogens (tertiary/aromatic N) is 2. The second kappa shape index (κ2) is 5.27. The van der Waals surface area contributed by atoms with Gasteiger partial charge in [0.1, 0.15) is 0 Å². The molecular weight excluding hydrogens is 223 g/mol. The Labute approximate surface area is 100 Å². The molecule has 0 fully saturated rings. The molecule has 1 aromatic heterocycles. The van der Waals surface area contributed by atoms with Gasteiger partial charge in [-0.3, -0.25) is 0 Å². The molecule has 0 aliphatic heterocycles. The van der Waals surface area contributed by atoms with Gasteiger partial charge in [0, 0.05) is 6.54 Å². The fraction of sp³-hybridized carbons (Fsp3) is 0.636. The molecule has 96 valence electrons. The quantitative estimate of drug-likeness (QED) is 0.732. The van der Waals surface area contributed by atoms with Crippen molar-refractivity contribution >= 4 is 11.8 Å². The summed E-state index contributed by atoms with van der Waals surface area (Å²) in [4.78, 5) is 7.81. The summed E-state index contributed by atoms with van der Waals surface area (Å²) in [5.41, 5.74) is -0.668. The van der Waals surface area contributed by atoms with Gasteiger partial charge in [0.05, 0.1) is 17.8 Å². The molecule has 0 saturated heterocycles. The van der Waals surface area contributed by atoms with Crippen molar-refractivity contribution in [1.29, 1.82) is 0 Å². The molecule has 1 heterocycles. The first-order chi connectivity index (χ1) is 7.86. The van der Waals surface area contributed by atoms with Crippen LogP contribution in [0.4, 0.5) is 16.2 Å². The molecule has 0 radical (unpaired) electrons. The van der Waals surface area contributed by atoms with Crippen molar-refractivity contribution in [3.8, 4) is 0 Å². The minimum atomic E-state index is -0.668. The lowest BCUT2D eigenvalue weighted by Gasteiger charge is -2.30. The lowest BCUT2D eigenvalue weighted by Crippen LogP contribution is -2.42. The highest BCUT2D eigenvalue weighted by molar-refractivity contribution is 5.43. The number of aliphatic hydroxyl groups excluding tert-OH is 1. The van der Waals surface area contributed by atoms with E-state index in [1.807, 2.05) is 6.92 Å². The monoisotopic (exact) mass is 242 g/mol. The molecule has 1 aromatic rings. The van der Waals surface area contributed by atoms with Crippen molar-refractivity contribution in [2.24, 2.45) is 0 Å². The van der Waals surface area contributed by atoms with Gasteiger partial charge in [-0.05, 0) is 27.7 Å². The third kappa shape index (κ3) is 3.52. The highest BCUT2D eigenvalue weighted by Gasteiger charge is 2.25. The minimum Gasteiger partial charge on any atom is -0.391 e. The molecule has 0 amide bonds. The highest BCUT2D eigenvalue weighted by atomic mass is 19.1. The van der Waals surface area contributed by atoms with Gasteiger partial charge in [-0.25, -0.2) is 9.37 Å². The van der Waals surface area contributed by atoms with Gasteiger partial charge in [-0.2, -0.15) is 4.98 Å². The van der Waals surface area contributed by atoms with Gasteiger partial charge >= 0.3 is 0 Å². The summed E-state index contributed by atoms with van der Waals surface area (Å²) in [7, 11) is 0. The zero-order valence-corrected chi connectivity index (χ0v) is 10.6. The van der Waals surface area contributed by atoms with Crippen LogP contribution in [0.2, 0.25) is 0 Å². The normalized spacial score (nSPS) is 13.3. The van der Waals surface area contributed by atoms with Crippen LogP contribution in [0.1, 0.15) is 27.7 Å². The maximum absolute atomic E-state index is 13.5. The van der Waals surface area contributed by atoms with Gasteiger partial charge in [0.15, 0.2) is 11.6 Å². The molecule has 0 aliphatic carbocycles. The van der Waals surface area contributed by atoms with Crippen molar-refractivity contribution in [1.82, 2.24) is 9.97 Å². The van der Waals surface area contributed by atoms with Crippen molar-refractivity contribution in [3.63, 3.8) is 0 Å². The SMILES string of the molecule is CCNc1ncc(F)c(NC(C)(C)C(C)O)n1. The fourth-order valence-electron chi connectivity index (χ4n) is 1.11. The molecule has 1 unspecified atom stereocenters. The second-order valence-corrected chi connectivity index (χ2v) is 4.44. The Balaban J connectivity index is 2.93. The predicted molar refractivity (Wildman–Crippen MR) is 65.5 cm³/mol. The Bertz CT molecular complexity index is 382. The van der Waals surface area contributed by atoms with E-state index in [4.69, 9.17) is 0 Å². The molecule has 1 atom stereocenters. The number of hydrogen-bond donors (Lipinski definition) is 3. The van der Waals surface area contributed by atoms with Crippen LogP contribution in [-0.4, -0.2) is 33.3 Å². The van der Waals surface area contributed by atoms with E-state index in [9.17, 15) is 9.50 Å². The van der Waals surface area contributed by atoms with E-state index in [1.165, 1.54) is 0 Å². The molecular formula is C11H19FN4O. The van der Waals surface area contributed by atoms with Crippen molar-refractivity contribution < 1.29 is 9.50 Å². The smallest absolute Gasteiger partial charge is 0.224 e. The Morgan fingerprint density at radius 3 is 2.71 bits per heavy atom. The maximum Gasteiger partial charge on any atom is 0.224 e. The van der Waals surface area contributed by atoms with E-state index in [2.05, 4.69) is 20.6 Å². The Morgan fingerprint density at radius 2 is 2.18 bits per heavy atom. The summed E-state index contributed by atoms with van der Waals surface area (Å²) < 4.78 is 13.5. The summed E-state index contributed by atoms with van der Waals surface area (Å²) in [6.45, 7) is 7.74. The second-order valence-electron chi connectivity index (χ2n) is 4.44. The number of halogens is 1. The van der Waals surface area contributed by atoms with Gasteiger partial charge in [-0.1, -0.05) is 0 Å². The van der Waals surface area contributed by atoms with Crippen LogP contribution in [0.15, 0.2) is 6.20 Å². The maximum atomic E-state index is 13.5. The Morgan fingerprint density at radius 1 is 1.53 bits per heavy atom. The third-order valence-corrected chi connectivity index (χ3v) is 2.56. The van der Waals surface area contributed by atoms with E-state index in [0.29, 0.717) is 12.5 Å². The Hall–Kier alpha value is -1.43. The molecule has 0 saturated carbocycles. The summed E-state index contributed by atoms with van der Waals surface area (Å²) in [5.74, 6) is -0.0972. The van der Waals surface area contributed by atoms with Crippen LogP contribution < -0.4 is 10.6 Å². The van der Waals surface area contributed by atoms with Crippen LogP contribution in [0.25, 0.3) is 0 Å². The molecule has 17 heavy (non-hydrogen) atoms. The highest BCUT2D eigenvalue weighted by Crippen LogP contribution is 2.19. The number of nitrogens with one attached hydrogen (secondary N) is 2. The van der Waals surface area contributed by atoms with Gasteiger partial charge in [0.2, 0.25) is 5.95 Å². The first-order valence-electron chi connectivity index (χ1n) is 5.59. The fourth-order valence-corrected chi connectivity index (χ4v) is 1.11. The van der Waals surface area contributed by atoms with Crippen LogP contribution in [0, 0.1) is 5.82 Å². The van der Waals surface area contributed by atoms with Gasteiger partial charge < -0.3 is 15.7 Å². The van der Waals surface area contributed by atoms with Crippen LogP contribution in [0.5, 0.6) is 0 Å². The molecule has 1 rings (SSSR count). The first kappa shape index (κ1) is 13.6. The Kier molecular flexibility index (Phi) is 4.22. The summed E-state index contributed by atoms with van der Waals surface area (Å²) in [5, 5.41) is 15.3. The first-order valence-corrected chi connectivity index (χ1v) is 5.59. The van der Waals surface area contributed by atoms with Crippen molar-refractivity contribution in [2.75, 3.05) is 17.2 Å². The summed E-state index contributed by atoms with van der Waals surface area (Å²) in [6.07, 6.45) is 0.463. The molecule has 3 N–H and O–H groups in total. The number of anilines is 2. The topological polar surface area (TPSA) is 70.1 Å². The molecule has 0 spiro atoms. The summed E-state index contributed by atoms with van der Waals surface area (Å²) >= 11 is 0. The van der Waals surface area contributed by atoms with Crippen LogP contribution in [-0.2, 0) is 0 Å². The van der Waals surface area contributed by atoms with Gasteiger partial charge in [-0.15, -0.1) is 0 Å². The molecule has 5 nitrogen and oxygen atoms in total. The average molecular weight is 242 g/mol. The number of aromatic nitrogens is 2. The predicted octanol–water partition coefficient (Wildman–Crippen LogP) is 1.62. The van der Waals surface area contributed by atoms with E-state index < -0.39 is 17.5 Å². The van der Waals surface area contributed by atoms with E-state index in [0.717, 1.165) is 6.20 Å². The molecule has 0 aromatic carbocycles. The standard InChI is InChI=1S/C11H19FN4O/c1-5-13-10-14-6-8(12)9(15-10)16-11(3,4)7(2)17/h6-7,17H,5H2,1-4H3,(H2,13,14,15,16). The van der Waals surface area contributed by atoms with Crippen molar-refractivity contribution in [2.45, 2.75) is 39.3 Å². The largest absolute Gasteiger partial charge is 0.391 e. The summed E-state index contributed by atoms with van der Waals surface area (Å²) in [6, 6.07) is 0.